The molecule has 2 aliphatic rings. The molecule has 1 aromatic heterocycles. The van der Waals surface area contributed by atoms with Gasteiger partial charge in [0, 0.05) is 37.7 Å². The number of hydrogen-bond acceptors (Lipinski definition) is 6. The maximum Gasteiger partial charge on any atom is 0.254 e. The number of sulfonamides is 1. The fourth-order valence-corrected chi connectivity index (χ4v) is 4.51. The smallest absolute Gasteiger partial charge is 0.254 e. The second kappa shape index (κ2) is 7.45. The Morgan fingerprint density at radius 2 is 1.83 bits per heavy atom. The predicted molar refractivity (Wildman–Crippen MR) is 97.7 cm³/mol. The van der Waals surface area contributed by atoms with E-state index >= 15 is 0 Å². The maximum absolute atomic E-state index is 13.3. The standard InChI is InChI=1S/C18H20F2N4O4S/c1-29(26,27)24-6-4-11(5-7-24)16-21-17(28-22-16)13-9-23(10-13)18(25)12-2-3-14(19)15(20)8-12/h2-3,8,11,13H,4-7,9-10H2,1H3. The highest BCUT2D eigenvalue weighted by atomic mass is 32.2. The molecular weight excluding hydrogens is 406 g/mol. The largest absolute Gasteiger partial charge is 0.339 e. The number of rotatable bonds is 4. The number of halogens is 2. The van der Waals surface area contributed by atoms with Crippen molar-refractivity contribution in [2.24, 2.45) is 0 Å². The van der Waals surface area contributed by atoms with Crippen LogP contribution in [0.5, 0.6) is 0 Å². The van der Waals surface area contributed by atoms with Crippen molar-refractivity contribution in [1.82, 2.24) is 19.3 Å². The zero-order chi connectivity index (χ0) is 20.8. The molecular formula is C18H20F2N4O4S. The Kier molecular flexibility index (Phi) is 5.11. The predicted octanol–water partition coefficient (Wildman–Crippen LogP) is 1.73. The Morgan fingerprint density at radius 3 is 2.45 bits per heavy atom. The topological polar surface area (TPSA) is 96.6 Å². The van der Waals surface area contributed by atoms with E-state index in [4.69, 9.17) is 4.52 Å². The van der Waals surface area contributed by atoms with Crippen LogP contribution in [0.4, 0.5) is 8.78 Å². The SMILES string of the molecule is CS(=O)(=O)N1CCC(c2noc(C3CN(C(=O)c4ccc(F)c(F)c4)C3)n2)CC1. The Bertz CT molecular complexity index is 1030. The van der Waals surface area contributed by atoms with Crippen molar-refractivity contribution in [3.8, 4) is 0 Å². The summed E-state index contributed by atoms with van der Waals surface area (Å²) < 4.78 is 56.3. The Labute approximate surface area is 166 Å². The third kappa shape index (κ3) is 4.01. The number of likely N-dealkylation sites (tertiary alicyclic amines) is 1. The number of amides is 1. The summed E-state index contributed by atoms with van der Waals surface area (Å²) in [4.78, 5) is 18.3. The van der Waals surface area contributed by atoms with E-state index < -0.39 is 21.7 Å². The third-order valence-electron chi connectivity index (χ3n) is 5.43. The summed E-state index contributed by atoms with van der Waals surface area (Å²) in [6.45, 7) is 1.55. The molecule has 11 heteroatoms. The average molecular weight is 426 g/mol. The van der Waals surface area contributed by atoms with Crippen LogP contribution in [0, 0.1) is 11.6 Å². The highest BCUT2D eigenvalue weighted by molar-refractivity contribution is 7.88. The van der Waals surface area contributed by atoms with E-state index in [2.05, 4.69) is 10.1 Å². The zero-order valence-electron chi connectivity index (χ0n) is 15.7. The van der Waals surface area contributed by atoms with Crippen molar-refractivity contribution >= 4 is 15.9 Å². The summed E-state index contributed by atoms with van der Waals surface area (Å²) >= 11 is 0. The normalized spacial score (nSPS) is 19.3. The summed E-state index contributed by atoms with van der Waals surface area (Å²) in [6.07, 6.45) is 2.44. The van der Waals surface area contributed by atoms with Crippen LogP contribution in [-0.2, 0) is 10.0 Å². The van der Waals surface area contributed by atoms with Gasteiger partial charge < -0.3 is 9.42 Å². The van der Waals surface area contributed by atoms with Gasteiger partial charge in [0.05, 0.1) is 12.2 Å². The molecule has 156 valence electrons. The minimum atomic E-state index is -3.19. The number of nitrogens with zero attached hydrogens (tertiary/aromatic N) is 4. The van der Waals surface area contributed by atoms with Gasteiger partial charge in [0.25, 0.3) is 5.91 Å². The average Bonchev–Trinajstić information content (AvgIpc) is 3.11. The molecule has 0 radical (unpaired) electrons. The summed E-state index contributed by atoms with van der Waals surface area (Å²) in [7, 11) is -3.19. The second-order valence-corrected chi connectivity index (χ2v) is 9.45. The molecule has 29 heavy (non-hydrogen) atoms. The lowest BCUT2D eigenvalue weighted by atomic mass is 9.96. The molecule has 1 aromatic carbocycles. The highest BCUT2D eigenvalue weighted by Crippen LogP contribution is 2.31. The van der Waals surface area contributed by atoms with Crippen molar-refractivity contribution in [2.45, 2.75) is 24.7 Å². The van der Waals surface area contributed by atoms with Crippen LogP contribution < -0.4 is 0 Å². The summed E-state index contributed by atoms with van der Waals surface area (Å²) in [5.41, 5.74) is 0.0891. The lowest BCUT2D eigenvalue weighted by Crippen LogP contribution is -2.48. The first kappa shape index (κ1) is 19.9. The molecule has 3 heterocycles. The Morgan fingerprint density at radius 1 is 1.14 bits per heavy atom. The van der Waals surface area contributed by atoms with E-state index in [9.17, 15) is 22.0 Å². The fourth-order valence-electron chi connectivity index (χ4n) is 3.64. The highest BCUT2D eigenvalue weighted by Gasteiger charge is 2.37. The first-order chi connectivity index (χ1) is 13.7. The first-order valence-electron chi connectivity index (χ1n) is 9.25. The fraction of sp³-hybridized carbons (Fsp3) is 0.500. The van der Waals surface area contributed by atoms with Gasteiger partial charge in [-0.1, -0.05) is 5.16 Å². The van der Waals surface area contributed by atoms with Crippen LogP contribution in [0.25, 0.3) is 0 Å². The van der Waals surface area contributed by atoms with Crippen LogP contribution in [0.1, 0.15) is 46.8 Å². The number of carbonyl (C=O) groups is 1. The van der Waals surface area contributed by atoms with Gasteiger partial charge >= 0.3 is 0 Å². The zero-order valence-corrected chi connectivity index (χ0v) is 16.5. The van der Waals surface area contributed by atoms with Crippen LogP contribution in [0.2, 0.25) is 0 Å². The molecule has 2 aromatic rings. The van der Waals surface area contributed by atoms with Gasteiger partial charge in [-0.25, -0.2) is 21.5 Å². The number of aromatic nitrogens is 2. The Hall–Kier alpha value is -2.40. The third-order valence-corrected chi connectivity index (χ3v) is 6.73. The van der Waals surface area contributed by atoms with Gasteiger partial charge in [0.1, 0.15) is 0 Å². The lowest BCUT2D eigenvalue weighted by molar-refractivity contribution is 0.0568. The molecule has 0 aliphatic carbocycles. The molecule has 2 fully saturated rings. The minimum absolute atomic E-state index is 0.0329. The van der Waals surface area contributed by atoms with Crippen molar-refractivity contribution in [1.29, 1.82) is 0 Å². The van der Waals surface area contributed by atoms with Gasteiger partial charge in [-0.05, 0) is 31.0 Å². The molecule has 0 N–H and O–H groups in total. The molecule has 0 spiro atoms. The van der Waals surface area contributed by atoms with Crippen molar-refractivity contribution < 1.29 is 26.5 Å². The molecule has 1 amide bonds. The molecule has 8 nitrogen and oxygen atoms in total. The molecule has 0 atom stereocenters. The molecule has 2 saturated heterocycles. The van der Waals surface area contributed by atoms with Gasteiger partial charge in [-0.3, -0.25) is 4.79 Å². The first-order valence-corrected chi connectivity index (χ1v) is 11.1. The summed E-state index contributed by atoms with van der Waals surface area (Å²) in [5, 5.41) is 4.03. The molecule has 0 saturated carbocycles. The van der Waals surface area contributed by atoms with Gasteiger partial charge in [0.2, 0.25) is 15.9 Å². The van der Waals surface area contributed by atoms with Gasteiger partial charge in [-0.15, -0.1) is 0 Å². The number of piperidine rings is 1. The van der Waals surface area contributed by atoms with Crippen molar-refractivity contribution in [3.05, 3.63) is 47.1 Å². The molecule has 0 unspecified atom stereocenters. The monoisotopic (exact) mass is 426 g/mol. The van der Waals surface area contributed by atoms with E-state index in [-0.39, 0.29) is 23.3 Å². The number of hydrogen-bond donors (Lipinski definition) is 0. The quantitative estimate of drug-likeness (QED) is 0.739. The molecule has 2 aliphatic heterocycles. The summed E-state index contributed by atoms with van der Waals surface area (Å²) in [6, 6.07) is 3.07. The van der Waals surface area contributed by atoms with Crippen LogP contribution in [0.3, 0.4) is 0 Å². The molecule has 4 rings (SSSR count). The summed E-state index contributed by atoms with van der Waals surface area (Å²) in [5.74, 6) is -1.53. The van der Waals surface area contributed by atoms with Crippen molar-refractivity contribution in [3.63, 3.8) is 0 Å². The van der Waals surface area contributed by atoms with Gasteiger partial charge in [-0.2, -0.15) is 4.98 Å². The van der Waals surface area contributed by atoms with E-state index in [1.54, 1.807) is 0 Å². The van der Waals surface area contributed by atoms with Crippen LogP contribution >= 0.6 is 0 Å². The number of benzene rings is 1. The van der Waals surface area contributed by atoms with Crippen molar-refractivity contribution in [2.75, 3.05) is 32.4 Å². The second-order valence-electron chi connectivity index (χ2n) is 7.46. The van der Waals surface area contributed by atoms with E-state index in [1.807, 2.05) is 0 Å². The van der Waals surface area contributed by atoms with Crippen LogP contribution in [-0.4, -0.2) is 66.1 Å². The van der Waals surface area contributed by atoms with E-state index in [0.717, 1.165) is 12.1 Å². The lowest BCUT2D eigenvalue weighted by Gasteiger charge is -2.37. The maximum atomic E-state index is 13.3. The van der Waals surface area contributed by atoms with E-state index in [0.29, 0.717) is 50.7 Å². The van der Waals surface area contributed by atoms with E-state index in [1.165, 1.54) is 21.5 Å². The van der Waals surface area contributed by atoms with Gasteiger partial charge in [0.15, 0.2) is 17.5 Å². The number of carbonyl (C=O) groups excluding carboxylic acids is 1. The minimum Gasteiger partial charge on any atom is -0.339 e. The van der Waals surface area contributed by atoms with Crippen LogP contribution in [0.15, 0.2) is 22.7 Å². The molecule has 0 bridgehead atoms. The Balaban J connectivity index is 1.34.